The lowest BCUT2D eigenvalue weighted by Crippen LogP contribution is -2.46. The average molecular weight is 256 g/mol. The second kappa shape index (κ2) is 4.45. The van der Waals surface area contributed by atoms with Crippen LogP contribution < -0.4 is 9.64 Å². The highest BCUT2D eigenvalue weighted by atomic mass is 35.5. The summed E-state index contributed by atoms with van der Waals surface area (Å²) in [6.45, 7) is 1.94. The van der Waals surface area contributed by atoms with Crippen molar-refractivity contribution in [2.75, 3.05) is 11.9 Å². The number of carboxylic acid groups (broad SMARTS) is 1. The third-order valence-corrected chi connectivity index (χ3v) is 3.34. The quantitative estimate of drug-likeness (QED) is 0.882. The van der Waals surface area contributed by atoms with Crippen LogP contribution in [0.2, 0.25) is 5.02 Å². The lowest BCUT2D eigenvalue weighted by molar-refractivity contribution is -0.139. The van der Waals surface area contributed by atoms with Gasteiger partial charge >= 0.3 is 5.97 Å². The number of ether oxygens (including phenoxy) is 1. The highest BCUT2D eigenvalue weighted by molar-refractivity contribution is 6.30. The van der Waals surface area contributed by atoms with Crippen molar-refractivity contribution < 1.29 is 14.6 Å². The molecule has 0 bridgehead atoms. The maximum absolute atomic E-state index is 10.8. The first kappa shape index (κ1) is 12.0. The van der Waals surface area contributed by atoms with E-state index in [0.717, 1.165) is 5.69 Å². The average Bonchev–Trinajstić information content (AvgIpc) is 2.26. The summed E-state index contributed by atoms with van der Waals surface area (Å²) in [5.74, 6) is -0.172. The van der Waals surface area contributed by atoms with Gasteiger partial charge in [-0.2, -0.15) is 0 Å². The number of fused-ring (bicyclic) bond motifs is 1. The minimum absolute atomic E-state index is 0.00272. The Morgan fingerprint density at radius 1 is 1.59 bits per heavy atom. The molecule has 0 spiro atoms. The first-order chi connectivity index (χ1) is 7.99. The van der Waals surface area contributed by atoms with E-state index >= 15 is 0 Å². The molecule has 5 heteroatoms. The fourth-order valence-electron chi connectivity index (χ4n) is 1.98. The van der Waals surface area contributed by atoms with E-state index in [1.54, 1.807) is 12.1 Å². The number of likely N-dealkylation sites (N-methyl/N-ethyl adjacent to an activating group) is 1. The molecule has 2 atom stereocenters. The van der Waals surface area contributed by atoms with E-state index in [9.17, 15) is 4.79 Å². The highest BCUT2D eigenvalue weighted by Gasteiger charge is 2.32. The van der Waals surface area contributed by atoms with E-state index in [0.29, 0.717) is 10.8 Å². The number of carboxylic acids is 1. The molecule has 0 saturated heterocycles. The molecule has 0 fully saturated rings. The van der Waals surface area contributed by atoms with Crippen molar-refractivity contribution in [2.45, 2.75) is 25.5 Å². The van der Waals surface area contributed by atoms with Crippen molar-refractivity contribution in [3.63, 3.8) is 0 Å². The number of rotatable bonds is 2. The summed E-state index contributed by atoms with van der Waals surface area (Å²) in [6, 6.07) is 5.33. The second-order valence-corrected chi connectivity index (χ2v) is 4.65. The Balaban J connectivity index is 2.32. The van der Waals surface area contributed by atoms with Gasteiger partial charge in [-0.05, 0) is 25.1 Å². The summed E-state index contributed by atoms with van der Waals surface area (Å²) in [5, 5.41) is 9.48. The van der Waals surface area contributed by atoms with Crippen LogP contribution in [0.1, 0.15) is 13.3 Å². The van der Waals surface area contributed by atoms with E-state index in [1.807, 2.05) is 24.9 Å². The minimum Gasteiger partial charge on any atom is -0.486 e. The molecular formula is C12H14ClNO3. The maximum Gasteiger partial charge on any atom is 0.307 e. The summed E-state index contributed by atoms with van der Waals surface area (Å²) in [5.41, 5.74) is 0.895. The molecule has 2 rings (SSSR count). The molecule has 0 aliphatic carbocycles. The van der Waals surface area contributed by atoms with Crippen LogP contribution in [-0.2, 0) is 4.79 Å². The zero-order valence-corrected chi connectivity index (χ0v) is 10.4. The Hall–Kier alpha value is -1.42. The van der Waals surface area contributed by atoms with E-state index < -0.39 is 5.97 Å². The molecule has 1 aromatic rings. The van der Waals surface area contributed by atoms with Gasteiger partial charge in [0, 0.05) is 12.1 Å². The van der Waals surface area contributed by atoms with Gasteiger partial charge in [0.25, 0.3) is 0 Å². The van der Waals surface area contributed by atoms with Crippen LogP contribution >= 0.6 is 11.6 Å². The second-order valence-electron chi connectivity index (χ2n) is 4.22. The van der Waals surface area contributed by atoms with E-state index in [4.69, 9.17) is 21.4 Å². The summed E-state index contributed by atoms with van der Waals surface area (Å²) in [6.07, 6.45) is -0.348. The Bertz CT molecular complexity index is 449. The lowest BCUT2D eigenvalue weighted by Gasteiger charge is -2.39. The monoisotopic (exact) mass is 255 g/mol. The molecule has 1 N–H and O–H groups in total. The molecule has 1 aliphatic heterocycles. The van der Waals surface area contributed by atoms with E-state index in [2.05, 4.69) is 0 Å². The molecule has 4 nitrogen and oxygen atoms in total. The van der Waals surface area contributed by atoms with Crippen LogP contribution in [0.4, 0.5) is 5.69 Å². The number of hydrogen-bond acceptors (Lipinski definition) is 3. The Kier molecular flexibility index (Phi) is 3.15. The van der Waals surface area contributed by atoms with Crippen LogP contribution in [0.3, 0.4) is 0 Å². The standard InChI is InChI=1S/C12H14ClNO3/c1-7-11(6-12(15)16)17-10-4-3-8(13)5-9(10)14(7)2/h3-5,7,11H,6H2,1-2H3,(H,15,16). The molecule has 0 aromatic heterocycles. The van der Waals surface area contributed by atoms with Crippen LogP contribution in [0.5, 0.6) is 5.75 Å². The van der Waals surface area contributed by atoms with Crippen molar-refractivity contribution in [1.29, 1.82) is 0 Å². The smallest absolute Gasteiger partial charge is 0.307 e. The normalized spacial score (nSPS) is 22.9. The number of halogens is 1. The zero-order valence-electron chi connectivity index (χ0n) is 9.68. The van der Waals surface area contributed by atoms with Gasteiger partial charge in [0.15, 0.2) is 0 Å². The van der Waals surface area contributed by atoms with Crippen molar-refractivity contribution >= 4 is 23.3 Å². The van der Waals surface area contributed by atoms with Gasteiger partial charge in [-0.25, -0.2) is 0 Å². The molecule has 0 radical (unpaired) electrons. The van der Waals surface area contributed by atoms with Gasteiger partial charge in [-0.15, -0.1) is 0 Å². The predicted octanol–water partition coefficient (Wildman–Crippen LogP) is 2.40. The molecule has 1 heterocycles. The van der Waals surface area contributed by atoms with Gasteiger partial charge in [0.2, 0.25) is 0 Å². The summed E-state index contributed by atoms with van der Waals surface area (Å²) < 4.78 is 5.70. The van der Waals surface area contributed by atoms with Crippen LogP contribution in [-0.4, -0.2) is 30.3 Å². The number of benzene rings is 1. The number of hydrogen-bond donors (Lipinski definition) is 1. The predicted molar refractivity (Wildman–Crippen MR) is 66.0 cm³/mol. The summed E-state index contributed by atoms with van der Waals surface area (Å²) in [7, 11) is 1.91. The van der Waals surface area contributed by atoms with Crippen LogP contribution in [0.25, 0.3) is 0 Å². The van der Waals surface area contributed by atoms with Gasteiger partial charge in [-0.3, -0.25) is 4.79 Å². The molecule has 17 heavy (non-hydrogen) atoms. The largest absolute Gasteiger partial charge is 0.486 e. The first-order valence-electron chi connectivity index (χ1n) is 5.40. The van der Waals surface area contributed by atoms with Crippen molar-refractivity contribution in [3.8, 4) is 5.75 Å². The summed E-state index contributed by atoms with van der Waals surface area (Å²) in [4.78, 5) is 12.8. The van der Waals surface area contributed by atoms with Crippen LogP contribution in [0, 0.1) is 0 Å². The van der Waals surface area contributed by atoms with Gasteiger partial charge in [-0.1, -0.05) is 11.6 Å². The Morgan fingerprint density at radius 3 is 2.94 bits per heavy atom. The third kappa shape index (κ3) is 2.31. The minimum atomic E-state index is -0.854. The molecular weight excluding hydrogens is 242 g/mol. The fraction of sp³-hybridized carbons (Fsp3) is 0.417. The fourth-order valence-corrected chi connectivity index (χ4v) is 2.15. The molecule has 0 saturated carbocycles. The number of nitrogens with zero attached hydrogens (tertiary/aromatic N) is 1. The highest BCUT2D eigenvalue weighted by Crippen LogP contribution is 2.37. The zero-order chi connectivity index (χ0) is 12.6. The van der Waals surface area contributed by atoms with Crippen molar-refractivity contribution in [3.05, 3.63) is 23.2 Å². The maximum atomic E-state index is 10.8. The lowest BCUT2D eigenvalue weighted by atomic mass is 10.0. The van der Waals surface area contributed by atoms with Gasteiger partial charge in [0.1, 0.15) is 11.9 Å². The van der Waals surface area contributed by atoms with Gasteiger partial charge in [0.05, 0.1) is 18.2 Å². The SMILES string of the molecule is CC1C(CC(=O)O)Oc2ccc(Cl)cc2N1C. The van der Waals surface area contributed by atoms with E-state index in [-0.39, 0.29) is 18.6 Å². The molecule has 92 valence electrons. The van der Waals surface area contributed by atoms with Gasteiger partial charge < -0.3 is 14.7 Å². The molecule has 0 amide bonds. The Morgan fingerprint density at radius 2 is 2.29 bits per heavy atom. The topological polar surface area (TPSA) is 49.8 Å². The van der Waals surface area contributed by atoms with Crippen LogP contribution in [0.15, 0.2) is 18.2 Å². The number of aliphatic carboxylic acids is 1. The third-order valence-electron chi connectivity index (χ3n) is 3.10. The first-order valence-corrected chi connectivity index (χ1v) is 5.77. The number of carbonyl (C=O) groups is 1. The molecule has 1 aliphatic rings. The summed E-state index contributed by atoms with van der Waals surface area (Å²) >= 11 is 5.93. The molecule has 1 aromatic carbocycles. The van der Waals surface area contributed by atoms with Crippen molar-refractivity contribution in [1.82, 2.24) is 0 Å². The van der Waals surface area contributed by atoms with E-state index in [1.165, 1.54) is 0 Å². The number of anilines is 1. The Labute approximate surface area is 105 Å². The van der Waals surface area contributed by atoms with Crippen molar-refractivity contribution in [2.24, 2.45) is 0 Å². The molecule has 2 unspecified atom stereocenters.